The van der Waals surface area contributed by atoms with Crippen molar-refractivity contribution in [3.05, 3.63) is 47.7 Å². The minimum Gasteiger partial charge on any atom is -0.497 e. The van der Waals surface area contributed by atoms with Crippen LogP contribution < -0.4 is 10.1 Å². The van der Waals surface area contributed by atoms with E-state index in [9.17, 15) is 4.79 Å². The lowest BCUT2D eigenvalue weighted by molar-refractivity contribution is 0.0934. The van der Waals surface area contributed by atoms with Crippen molar-refractivity contribution < 1.29 is 13.9 Å². The van der Waals surface area contributed by atoms with Gasteiger partial charge in [-0.15, -0.1) is 0 Å². The fraction of sp³-hybridized carbons (Fsp3) is 0.500. The van der Waals surface area contributed by atoms with Crippen LogP contribution >= 0.6 is 0 Å². The minimum atomic E-state index is -0.196. The third-order valence-electron chi connectivity index (χ3n) is 4.36. The van der Waals surface area contributed by atoms with E-state index in [0.717, 1.165) is 24.3 Å². The molecule has 1 heterocycles. The van der Waals surface area contributed by atoms with Crippen LogP contribution in [0.25, 0.3) is 0 Å². The van der Waals surface area contributed by atoms with Crippen molar-refractivity contribution in [1.82, 2.24) is 15.2 Å². The van der Waals surface area contributed by atoms with Crippen LogP contribution in [-0.2, 0) is 13.1 Å². The van der Waals surface area contributed by atoms with Crippen LogP contribution in [0.1, 0.15) is 56.1 Å². The van der Waals surface area contributed by atoms with Crippen molar-refractivity contribution in [2.75, 3.05) is 7.11 Å². The highest BCUT2D eigenvalue weighted by Gasteiger charge is 2.18. The molecule has 0 saturated carbocycles. The monoisotopic (exact) mass is 359 g/mol. The van der Waals surface area contributed by atoms with Crippen LogP contribution in [0.2, 0.25) is 0 Å². The molecule has 6 heteroatoms. The van der Waals surface area contributed by atoms with Gasteiger partial charge in [-0.3, -0.25) is 9.69 Å². The maximum absolute atomic E-state index is 12.1. The Bertz CT molecular complexity index is 712. The van der Waals surface area contributed by atoms with Gasteiger partial charge in [0.05, 0.1) is 13.7 Å². The fourth-order valence-corrected chi connectivity index (χ4v) is 2.49. The van der Waals surface area contributed by atoms with Gasteiger partial charge in [-0.05, 0) is 44.9 Å². The molecule has 1 amide bonds. The smallest absolute Gasteiger partial charge is 0.273 e. The van der Waals surface area contributed by atoms with Gasteiger partial charge >= 0.3 is 0 Å². The fourth-order valence-electron chi connectivity index (χ4n) is 2.49. The number of nitrogens with one attached hydrogen (secondary N) is 1. The van der Waals surface area contributed by atoms with Crippen molar-refractivity contribution in [2.45, 2.75) is 59.3 Å². The van der Waals surface area contributed by atoms with Crippen molar-refractivity contribution >= 4 is 5.91 Å². The quantitative estimate of drug-likeness (QED) is 0.741. The van der Waals surface area contributed by atoms with E-state index in [1.54, 1.807) is 7.11 Å². The number of methoxy groups -OCH3 is 1. The normalized spacial score (nSPS) is 12.4. The summed E-state index contributed by atoms with van der Waals surface area (Å²) >= 11 is 0. The Hall–Kier alpha value is -2.34. The molecule has 0 aliphatic heterocycles. The molecule has 6 nitrogen and oxygen atoms in total. The third-order valence-corrected chi connectivity index (χ3v) is 4.36. The molecule has 142 valence electrons. The SMILES string of the molecule is CCC(C)NC(=O)c1coc(CN(Cc2cccc(OC)c2)C(C)C)n1. The van der Waals surface area contributed by atoms with Gasteiger partial charge in [0.15, 0.2) is 5.69 Å². The van der Waals surface area contributed by atoms with Crippen LogP contribution in [0, 0.1) is 0 Å². The van der Waals surface area contributed by atoms with E-state index in [1.807, 2.05) is 32.0 Å². The first-order valence-corrected chi connectivity index (χ1v) is 9.05. The molecule has 1 aromatic carbocycles. The van der Waals surface area contributed by atoms with Crippen LogP contribution in [0.5, 0.6) is 5.75 Å². The van der Waals surface area contributed by atoms with Crippen LogP contribution in [0.3, 0.4) is 0 Å². The molecular formula is C20H29N3O3. The van der Waals surface area contributed by atoms with Crippen molar-refractivity contribution in [3.63, 3.8) is 0 Å². The molecule has 2 rings (SSSR count). The number of benzene rings is 1. The van der Waals surface area contributed by atoms with Gasteiger partial charge in [0.2, 0.25) is 5.89 Å². The second-order valence-electron chi connectivity index (χ2n) is 6.76. The first-order chi connectivity index (χ1) is 12.4. The highest BCUT2D eigenvalue weighted by atomic mass is 16.5. The summed E-state index contributed by atoms with van der Waals surface area (Å²) in [5, 5.41) is 2.90. The van der Waals surface area contributed by atoms with Crippen LogP contribution in [-0.4, -0.2) is 35.0 Å². The molecule has 0 saturated heterocycles. The first kappa shape index (κ1) is 20.0. The van der Waals surface area contributed by atoms with E-state index in [2.05, 4.69) is 35.1 Å². The number of carbonyl (C=O) groups excluding carboxylic acids is 1. The average Bonchev–Trinajstić information content (AvgIpc) is 3.10. The lowest BCUT2D eigenvalue weighted by atomic mass is 10.2. The molecular weight excluding hydrogens is 330 g/mol. The van der Waals surface area contributed by atoms with E-state index in [1.165, 1.54) is 6.26 Å². The number of aromatic nitrogens is 1. The maximum atomic E-state index is 12.1. The number of nitrogens with zero attached hydrogens (tertiary/aromatic N) is 2. The Balaban J connectivity index is 2.04. The van der Waals surface area contributed by atoms with Crippen molar-refractivity contribution in [1.29, 1.82) is 0 Å². The number of amides is 1. The van der Waals surface area contributed by atoms with Gasteiger partial charge in [-0.2, -0.15) is 0 Å². The standard InChI is InChI=1S/C20H29N3O3/c1-6-15(4)21-20(24)18-13-26-19(22-18)12-23(14(2)3)11-16-8-7-9-17(10-16)25-5/h7-10,13-15H,6,11-12H2,1-5H3,(H,21,24). The Kier molecular flexibility index (Phi) is 7.21. The van der Waals surface area contributed by atoms with E-state index in [4.69, 9.17) is 9.15 Å². The van der Waals surface area contributed by atoms with Gasteiger partial charge in [-0.25, -0.2) is 4.98 Å². The molecule has 0 fully saturated rings. The largest absolute Gasteiger partial charge is 0.497 e. The van der Waals surface area contributed by atoms with E-state index in [-0.39, 0.29) is 11.9 Å². The predicted molar refractivity (Wildman–Crippen MR) is 101 cm³/mol. The summed E-state index contributed by atoms with van der Waals surface area (Å²) in [6, 6.07) is 8.41. The molecule has 0 aliphatic rings. The highest BCUT2D eigenvalue weighted by Crippen LogP contribution is 2.17. The van der Waals surface area contributed by atoms with E-state index >= 15 is 0 Å². The molecule has 0 aliphatic carbocycles. The summed E-state index contributed by atoms with van der Waals surface area (Å²) in [6.45, 7) is 9.52. The van der Waals surface area contributed by atoms with Crippen molar-refractivity contribution in [3.8, 4) is 5.75 Å². The van der Waals surface area contributed by atoms with Gasteiger partial charge in [-0.1, -0.05) is 19.1 Å². The Morgan fingerprint density at radius 1 is 1.31 bits per heavy atom. The second kappa shape index (κ2) is 9.38. The Morgan fingerprint density at radius 3 is 2.73 bits per heavy atom. The highest BCUT2D eigenvalue weighted by molar-refractivity contribution is 5.92. The number of oxazole rings is 1. The number of hydrogen-bond acceptors (Lipinski definition) is 5. The topological polar surface area (TPSA) is 67.6 Å². The van der Waals surface area contributed by atoms with Crippen molar-refractivity contribution in [2.24, 2.45) is 0 Å². The number of rotatable bonds is 9. The first-order valence-electron chi connectivity index (χ1n) is 9.05. The van der Waals surface area contributed by atoms with Gasteiger partial charge in [0.25, 0.3) is 5.91 Å². The van der Waals surface area contributed by atoms with Gasteiger partial charge in [0, 0.05) is 18.6 Å². The van der Waals surface area contributed by atoms with E-state index < -0.39 is 0 Å². The molecule has 26 heavy (non-hydrogen) atoms. The summed E-state index contributed by atoms with van der Waals surface area (Å²) in [4.78, 5) is 18.7. The minimum absolute atomic E-state index is 0.114. The zero-order valence-electron chi connectivity index (χ0n) is 16.3. The molecule has 1 unspecified atom stereocenters. The summed E-state index contributed by atoms with van der Waals surface area (Å²) in [5.74, 6) is 1.18. The van der Waals surface area contributed by atoms with Crippen LogP contribution in [0.4, 0.5) is 0 Å². The summed E-state index contributed by atoms with van der Waals surface area (Å²) in [5.41, 5.74) is 1.48. The zero-order chi connectivity index (χ0) is 19.1. The molecule has 1 N–H and O–H groups in total. The summed E-state index contributed by atoms with van der Waals surface area (Å²) in [6.07, 6.45) is 2.30. The molecule has 1 atom stereocenters. The summed E-state index contributed by atoms with van der Waals surface area (Å²) < 4.78 is 10.8. The summed E-state index contributed by atoms with van der Waals surface area (Å²) in [7, 11) is 1.66. The van der Waals surface area contributed by atoms with Gasteiger partial charge < -0.3 is 14.5 Å². The lowest BCUT2D eigenvalue weighted by Crippen LogP contribution is -2.32. The molecule has 0 bridgehead atoms. The van der Waals surface area contributed by atoms with E-state index in [0.29, 0.717) is 24.2 Å². The lowest BCUT2D eigenvalue weighted by Gasteiger charge is -2.25. The number of hydrogen-bond donors (Lipinski definition) is 1. The molecule has 2 aromatic rings. The number of ether oxygens (including phenoxy) is 1. The Labute approximate surface area is 155 Å². The van der Waals surface area contributed by atoms with Crippen LogP contribution in [0.15, 0.2) is 34.9 Å². The predicted octanol–water partition coefficient (Wildman–Crippen LogP) is 3.62. The van der Waals surface area contributed by atoms with Gasteiger partial charge in [0.1, 0.15) is 12.0 Å². The second-order valence-corrected chi connectivity index (χ2v) is 6.76. The molecule has 1 aromatic heterocycles. The molecule has 0 radical (unpaired) electrons. The molecule has 0 spiro atoms. The zero-order valence-corrected chi connectivity index (χ0v) is 16.3. The number of carbonyl (C=O) groups is 1. The Morgan fingerprint density at radius 2 is 2.08 bits per heavy atom. The third kappa shape index (κ3) is 5.59. The maximum Gasteiger partial charge on any atom is 0.273 e. The average molecular weight is 359 g/mol.